The summed E-state index contributed by atoms with van der Waals surface area (Å²) >= 11 is 4.40. The second-order valence-electron chi connectivity index (χ2n) is 14.4. The fraction of sp³-hybridized carbons (Fsp3) is 0.200. The fourth-order valence-corrected chi connectivity index (χ4v) is 7.45. The van der Waals surface area contributed by atoms with Crippen LogP contribution in [-0.4, -0.2) is 7.11 Å². The molecule has 0 amide bonds. The number of fused-ring (bicyclic) bond motifs is 2. The first-order valence-electron chi connectivity index (χ1n) is 18.3. The van der Waals surface area contributed by atoms with Gasteiger partial charge in [0.2, 0.25) is 0 Å². The quantitative estimate of drug-likeness (QED) is 0.0707. The number of ether oxygens (including phenoxy) is 1. The van der Waals surface area contributed by atoms with Gasteiger partial charge < -0.3 is 17.4 Å². The second kappa shape index (κ2) is 27.4. The van der Waals surface area contributed by atoms with Crippen LogP contribution in [0.3, 0.4) is 0 Å². The van der Waals surface area contributed by atoms with Crippen LogP contribution in [0.15, 0.2) is 133 Å². The molecule has 0 bridgehead atoms. The van der Waals surface area contributed by atoms with Gasteiger partial charge in [-0.05, 0) is 54.4 Å². The van der Waals surface area contributed by atoms with Crippen LogP contribution in [0.4, 0.5) is 0 Å². The number of hydrogen-bond donors (Lipinski definition) is 0. The van der Waals surface area contributed by atoms with E-state index in [0.717, 1.165) is 28.0 Å². The minimum atomic E-state index is -0.922. The maximum atomic E-state index is 9.20. The van der Waals surface area contributed by atoms with E-state index < -0.39 is 5.54 Å². The van der Waals surface area contributed by atoms with E-state index in [0.29, 0.717) is 0 Å². The number of aryl methyl sites for hydroxylation is 4. The molecular formula is C50H52Ar3INOPRu-4. The molecule has 0 aliphatic carbocycles. The molecule has 7 aromatic rings. The van der Waals surface area contributed by atoms with E-state index >= 15 is 0 Å². The van der Waals surface area contributed by atoms with Crippen molar-refractivity contribution in [2.24, 2.45) is 11.8 Å². The van der Waals surface area contributed by atoms with Gasteiger partial charge in [0, 0.05) is 113 Å². The van der Waals surface area contributed by atoms with Gasteiger partial charge in [0.25, 0.3) is 0 Å². The standard InChI is InChI=1S/C21H16P.C20H24NO.C9H12.3Ar.HI.Ru/c1-14-10-11-15-6-2-4-8-17(15)20(14)21-18-9-5-3-7-16(18)12-13-19(21)22;1-14(2)16(4)20(21,17-8-6-15(3)7-9-17)18-10-12-19(22-5)13-11-18;1-7-4-8(2)6-9(3)5-7;;;;;/h2-13H,1,22H2;6-8,10-14,16,21H,4H2,1-3,5H3;4-6H,1-3H3;;;;1H;/q-1;-3;;;;;;+1/p-1/t;16-,20?;;;;;;/m.0....../s1. The Kier molecular flexibility index (Phi) is 26.6. The molecule has 1 N–H and O–H groups in total. The third-order valence-corrected chi connectivity index (χ3v) is 10.4. The van der Waals surface area contributed by atoms with Crippen molar-refractivity contribution in [1.82, 2.24) is 0 Å². The number of benzene rings is 7. The summed E-state index contributed by atoms with van der Waals surface area (Å²) in [5.74, 6) is 0.998. The maximum absolute atomic E-state index is 9.20. The van der Waals surface area contributed by atoms with Crippen molar-refractivity contribution in [2.75, 3.05) is 7.11 Å². The van der Waals surface area contributed by atoms with E-state index in [2.05, 4.69) is 189 Å². The Bertz CT molecular complexity index is 2190. The van der Waals surface area contributed by atoms with Crippen molar-refractivity contribution in [3.63, 3.8) is 0 Å². The summed E-state index contributed by atoms with van der Waals surface area (Å²) in [6.45, 7) is 21.2. The number of methoxy groups -OCH3 is 1. The van der Waals surface area contributed by atoms with E-state index in [4.69, 9.17) is 4.74 Å². The summed E-state index contributed by atoms with van der Waals surface area (Å²) in [7, 11) is 4.53. The Morgan fingerprint density at radius 3 is 1.62 bits per heavy atom. The zero-order valence-electron chi connectivity index (χ0n) is 34.0. The summed E-state index contributed by atoms with van der Waals surface area (Å²) in [5, 5.41) is 6.25. The molecule has 0 radical (unpaired) electrons. The summed E-state index contributed by atoms with van der Waals surface area (Å²) in [5.41, 5.74) is 18.8. The Morgan fingerprint density at radius 1 is 0.672 bits per heavy atom. The van der Waals surface area contributed by atoms with Crippen LogP contribution in [0, 0.1) is 173 Å². The monoisotopic (exact) mass is 1060 g/mol. The van der Waals surface area contributed by atoms with E-state index in [9.17, 15) is 5.73 Å². The normalized spacial score (nSPS) is 11.7. The van der Waals surface area contributed by atoms with Crippen LogP contribution >= 0.6 is 29.0 Å². The average molecular weight is 1060 g/mol. The second-order valence-corrected chi connectivity index (χ2v) is 15.0. The van der Waals surface area contributed by atoms with Gasteiger partial charge in [-0.25, -0.2) is 0 Å². The van der Waals surface area contributed by atoms with Crippen LogP contribution in [0.5, 0.6) is 5.75 Å². The third kappa shape index (κ3) is 14.7. The molecule has 2 nitrogen and oxygen atoms in total. The van der Waals surface area contributed by atoms with Gasteiger partial charge in [0.05, 0.1) is 7.11 Å². The molecule has 0 heterocycles. The van der Waals surface area contributed by atoms with Crippen LogP contribution in [-0.2, 0) is 20.3 Å². The molecule has 0 aliphatic rings. The number of nitrogens with one attached hydrogen (secondary N) is 1. The van der Waals surface area contributed by atoms with E-state index in [-0.39, 0.29) is 125 Å². The average Bonchev–Trinajstić information content (AvgIpc) is 3.18. The number of rotatable bonds is 6. The van der Waals surface area contributed by atoms with Crippen molar-refractivity contribution in [3.8, 4) is 16.9 Å². The van der Waals surface area contributed by atoms with Gasteiger partial charge in [0.1, 0.15) is 5.75 Å². The SMILES string of the molecule is Cc1cc(C)cc(C)c1.[Ar].[Ar].[Ar].[CH2-][C@@H](C(C)C)C([NH-])(c1[c-]cc(C)cc1)c1ccc(OC)cc1.[CH2-]c1ccc2ccccc2c1-c1c(P)ccc2ccccc12.[Ru][I]. The van der Waals surface area contributed by atoms with Gasteiger partial charge in [-0.2, -0.15) is 59.9 Å². The molecule has 7 aromatic carbocycles. The van der Waals surface area contributed by atoms with Crippen LogP contribution in [0.1, 0.15) is 52.8 Å². The van der Waals surface area contributed by atoms with Crippen LogP contribution in [0.25, 0.3) is 38.4 Å². The molecule has 0 fully saturated rings. The Labute approximate surface area is 462 Å². The number of hydrogen-bond acceptors (Lipinski definition) is 1. The molecular weight excluding hydrogens is 1010 g/mol. The number of halogens is 1. The Balaban J connectivity index is 0.000000445. The molecule has 7 rings (SSSR count). The van der Waals surface area contributed by atoms with Crippen LogP contribution in [0.2, 0.25) is 0 Å². The minimum absolute atomic E-state index is 0. The third-order valence-electron chi connectivity index (χ3n) is 9.89. The van der Waals surface area contributed by atoms with Crippen molar-refractivity contribution in [2.45, 2.75) is 47.1 Å². The molecule has 3 atom stereocenters. The van der Waals surface area contributed by atoms with E-state index in [1.807, 2.05) is 49.4 Å². The summed E-state index contributed by atoms with van der Waals surface area (Å²) < 4.78 is 5.23. The molecule has 0 aromatic heterocycles. The molecule has 0 saturated carbocycles. The fourth-order valence-electron chi connectivity index (χ4n) is 7.05. The summed E-state index contributed by atoms with van der Waals surface area (Å²) in [6.07, 6.45) is 0. The van der Waals surface area contributed by atoms with Gasteiger partial charge in [-0.1, -0.05) is 151 Å². The zero-order valence-corrected chi connectivity index (χ0v) is 41.2. The first-order chi connectivity index (χ1) is 26.3. The van der Waals surface area contributed by atoms with Crippen molar-refractivity contribution >= 4 is 55.8 Å². The first-order valence-corrected chi connectivity index (χ1v) is 24.1. The van der Waals surface area contributed by atoms with Gasteiger partial charge in [-0.15, -0.1) is 26.4 Å². The molecule has 0 saturated heterocycles. The van der Waals surface area contributed by atoms with E-state index in [1.54, 1.807) is 7.11 Å². The van der Waals surface area contributed by atoms with Crippen LogP contribution < -0.4 is 10.0 Å². The molecule has 8 heteroatoms. The van der Waals surface area contributed by atoms with Crippen molar-refractivity contribution in [3.05, 3.63) is 198 Å². The molecule has 0 spiro atoms. The Hall–Kier alpha value is 0.253. The summed E-state index contributed by atoms with van der Waals surface area (Å²) in [6, 6.07) is 49.2. The van der Waals surface area contributed by atoms with Gasteiger partial charge in [0.15, 0.2) is 0 Å². The first kappa shape index (κ1) is 56.3. The molecule has 0 aliphatic heterocycles. The van der Waals surface area contributed by atoms with Crippen molar-refractivity contribution < 1.29 is 133 Å². The Morgan fingerprint density at radius 2 is 1.16 bits per heavy atom. The molecule has 311 valence electrons. The predicted octanol–water partition coefficient (Wildman–Crippen LogP) is 14.0. The van der Waals surface area contributed by atoms with E-state index in [1.165, 1.54) is 54.7 Å². The van der Waals surface area contributed by atoms with Gasteiger partial charge >= 0.3 is 34.5 Å². The summed E-state index contributed by atoms with van der Waals surface area (Å²) in [4.78, 5) is 0. The zero-order chi connectivity index (χ0) is 40.3. The predicted molar refractivity (Wildman–Crippen MR) is 247 cm³/mol. The molecule has 2 unspecified atom stereocenters. The van der Waals surface area contributed by atoms with Crippen molar-refractivity contribution in [1.29, 1.82) is 0 Å². The van der Waals surface area contributed by atoms with Gasteiger partial charge in [-0.3, -0.25) is 0 Å². The molecule has 58 heavy (non-hydrogen) atoms. The topological polar surface area (TPSA) is 33.0 Å².